The topological polar surface area (TPSA) is 53.0 Å². The highest BCUT2D eigenvalue weighted by atomic mass is 32.2. The number of hydrogen-bond donors (Lipinski definition) is 1. The Morgan fingerprint density at radius 1 is 1.24 bits per heavy atom. The van der Waals surface area contributed by atoms with Crippen molar-refractivity contribution in [2.75, 3.05) is 37.7 Å². The van der Waals surface area contributed by atoms with E-state index in [1.807, 2.05) is 24.3 Å². The van der Waals surface area contributed by atoms with E-state index < -0.39 is 12.1 Å². The van der Waals surface area contributed by atoms with E-state index in [0.29, 0.717) is 5.75 Å². The second-order valence-electron chi connectivity index (χ2n) is 6.86. The maximum Gasteiger partial charge on any atom is 0.344 e. The molecule has 2 fully saturated rings. The fourth-order valence-corrected chi connectivity index (χ4v) is 4.65. The van der Waals surface area contributed by atoms with Crippen LogP contribution in [0.3, 0.4) is 0 Å². The van der Waals surface area contributed by atoms with E-state index in [1.54, 1.807) is 6.92 Å². The second-order valence-corrected chi connectivity index (χ2v) is 8.09. The van der Waals surface area contributed by atoms with Crippen LogP contribution in [0, 0.1) is 0 Å². The molecule has 6 heteroatoms. The molecular formula is C19H28N2O3S. The van der Waals surface area contributed by atoms with Crippen molar-refractivity contribution in [2.45, 2.75) is 38.5 Å². The molecule has 5 nitrogen and oxygen atoms in total. The number of carboxylic acids is 1. The van der Waals surface area contributed by atoms with Crippen molar-refractivity contribution in [3.8, 4) is 5.75 Å². The molecule has 0 saturated carbocycles. The van der Waals surface area contributed by atoms with Gasteiger partial charge in [-0.1, -0.05) is 18.2 Å². The Labute approximate surface area is 154 Å². The lowest BCUT2D eigenvalue weighted by molar-refractivity contribution is -0.144. The molecular weight excluding hydrogens is 336 g/mol. The monoisotopic (exact) mass is 364 g/mol. The van der Waals surface area contributed by atoms with Crippen molar-refractivity contribution in [3.05, 3.63) is 29.8 Å². The molecule has 0 aliphatic carbocycles. The summed E-state index contributed by atoms with van der Waals surface area (Å²) >= 11 is 2.08. The van der Waals surface area contributed by atoms with E-state index in [-0.39, 0.29) is 0 Å². The summed E-state index contributed by atoms with van der Waals surface area (Å²) in [5.74, 6) is 2.35. The summed E-state index contributed by atoms with van der Waals surface area (Å²) < 4.78 is 5.63. The van der Waals surface area contributed by atoms with Gasteiger partial charge in [0.25, 0.3) is 0 Å². The quantitative estimate of drug-likeness (QED) is 0.837. The highest BCUT2D eigenvalue weighted by molar-refractivity contribution is 7.99. The molecule has 1 N–H and O–H groups in total. The Balaban J connectivity index is 1.54. The molecule has 1 aromatic rings. The van der Waals surface area contributed by atoms with Crippen LogP contribution in [0.5, 0.6) is 5.75 Å². The predicted octanol–water partition coefficient (Wildman–Crippen LogP) is 2.55. The number of aliphatic carboxylic acids is 1. The van der Waals surface area contributed by atoms with Gasteiger partial charge in [0.05, 0.1) is 0 Å². The van der Waals surface area contributed by atoms with Crippen molar-refractivity contribution >= 4 is 17.7 Å². The molecule has 1 aromatic carbocycles. The summed E-state index contributed by atoms with van der Waals surface area (Å²) in [6, 6.07) is 8.56. The first-order chi connectivity index (χ1) is 12.1. The molecule has 0 bridgehead atoms. The smallest absolute Gasteiger partial charge is 0.344 e. The van der Waals surface area contributed by atoms with Gasteiger partial charge in [-0.3, -0.25) is 9.80 Å². The molecule has 2 aliphatic rings. The van der Waals surface area contributed by atoms with Gasteiger partial charge in [0.2, 0.25) is 0 Å². The minimum atomic E-state index is -0.936. The summed E-state index contributed by atoms with van der Waals surface area (Å²) in [5, 5.41) is 9.07. The largest absolute Gasteiger partial charge is 0.479 e. The molecule has 25 heavy (non-hydrogen) atoms. The van der Waals surface area contributed by atoms with Gasteiger partial charge in [0, 0.05) is 44.3 Å². The fraction of sp³-hybridized carbons (Fsp3) is 0.632. The maximum atomic E-state index is 11.0. The minimum absolute atomic E-state index is 0.684. The first-order valence-corrected chi connectivity index (χ1v) is 10.3. The maximum absolute atomic E-state index is 11.0. The van der Waals surface area contributed by atoms with Crippen LogP contribution in [0.2, 0.25) is 0 Å². The molecule has 0 aromatic heterocycles. The van der Waals surface area contributed by atoms with E-state index in [4.69, 9.17) is 9.84 Å². The minimum Gasteiger partial charge on any atom is -0.479 e. The van der Waals surface area contributed by atoms with Gasteiger partial charge >= 0.3 is 5.97 Å². The zero-order chi connectivity index (χ0) is 17.6. The van der Waals surface area contributed by atoms with Crippen LogP contribution in [-0.2, 0) is 11.3 Å². The third-order valence-corrected chi connectivity index (χ3v) is 6.18. The molecule has 138 valence electrons. The van der Waals surface area contributed by atoms with E-state index in [0.717, 1.165) is 44.3 Å². The number of thioether (sulfide) groups is 1. The molecule has 0 spiro atoms. The summed E-state index contributed by atoms with van der Waals surface area (Å²) in [7, 11) is 0. The Bertz CT molecular complexity index is 570. The van der Waals surface area contributed by atoms with E-state index in [1.165, 1.54) is 24.3 Å². The summed E-state index contributed by atoms with van der Waals surface area (Å²) in [4.78, 5) is 16.2. The van der Waals surface area contributed by atoms with Gasteiger partial charge < -0.3 is 9.84 Å². The predicted molar refractivity (Wildman–Crippen MR) is 101 cm³/mol. The Morgan fingerprint density at radius 2 is 1.92 bits per heavy atom. The molecule has 2 aliphatic heterocycles. The lowest BCUT2D eigenvalue weighted by atomic mass is 10.1. The third kappa shape index (κ3) is 5.12. The van der Waals surface area contributed by atoms with Crippen LogP contribution in [-0.4, -0.2) is 70.7 Å². The van der Waals surface area contributed by atoms with Gasteiger partial charge in [-0.2, -0.15) is 11.8 Å². The van der Waals surface area contributed by atoms with Crippen molar-refractivity contribution in [2.24, 2.45) is 0 Å². The first-order valence-electron chi connectivity index (χ1n) is 9.15. The Kier molecular flexibility index (Phi) is 6.62. The van der Waals surface area contributed by atoms with E-state index in [9.17, 15) is 4.79 Å². The SMILES string of the molecule is C[C@H](Oc1ccccc1CN1CCN(C2CCSCC2)CC1)C(=O)O. The van der Waals surface area contributed by atoms with Crippen LogP contribution in [0.25, 0.3) is 0 Å². The number of carbonyl (C=O) groups is 1. The van der Waals surface area contributed by atoms with Crippen LogP contribution in [0.15, 0.2) is 24.3 Å². The molecule has 0 amide bonds. The lowest BCUT2D eigenvalue weighted by Gasteiger charge is -2.40. The molecule has 3 rings (SSSR count). The van der Waals surface area contributed by atoms with Gasteiger partial charge in [-0.25, -0.2) is 4.79 Å². The first kappa shape index (κ1) is 18.5. The molecule has 1 atom stereocenters. The molecule has 2 saturated heterocycles. The second kappa shape index (κ2) is 8.92. The molecule has 0 radical (unpaired) electrons. The highest BCUT2D eigenvalue weighted by Gasteiger charge is 2.25. The van der Waals surface area contributed by atoms with Crippen molar-refractivity contribution < 1.29 is 14.6 Å². The average molecular weight is 365 g/mol. The van der Waals surface area contributed by atoms with Crippen LogP contribution >= 0.6 is 11.8 Å². The zero-order valence-electron chi connectivity index (χ0n) is 14.9. The molecule has 0 unspecified atom stereocenters. The van der Waals surface area contributed by atoms with Gasteiger partial charge in [0.15, 0.2) is 6.10 Å². The third-order valence-electron chi connectivity index (χ3n) is 5.13. The average Bonchev–Trinajstić information content (AvgIpc) is 2.64. The number of nitrogens with zero attached hydrogens (tertiary/aromatic N) is 2. The summed E-state index contributed by atoms with van der Waals surface area (Å²) in [6.07, 6.45) is 1.82. The summed E-state index contributed by atoms with van der Waals surface area (Å²) in [6.45, 7) is 6.77. The van der Waals surface area contributed by atoms with E-state index in [2.05, 4.69) is 21.6 Å². The van der Waals surface area contributed by atoms with Gasteiger partial charge in [-0.05, 0) is 37.3 Å². The van der Waals surface area contributed by atoms with Gasteiger partial charge in [0.1, 0.15) is 5.75 Å². The number of ether oxygens (including phenoxy) is 1. The Hall–Kier alpha value is -1.24. The number of piperazine rings is 1. The highest BCUT2D eigenvalue weighted by Crippen LogP contribution is 2.25. The van der Waals surface area contributed by atoms with Crippen molar-refractivity contribution in [3.63, 3.8) is 0 Å². The van der Waals surface area contributed by atoms with Crippen molar-refractivity contribution in [1.82, 2.24) is 9.80 Å². The lowest BCUT2D eigenvalue weighted by Crippen LogP contribution is -2.50. The number of para-hydroxylation sites is 1. The van der Waals surface area contributed by atoms with Crippen LogP contribution < -0.4 is 4.74 Å². The van der Waals surface area contributed by atoms with Crippen molar-refractivity contribution in [1.29, 1.82) is 0 Å². The number of benzene rings is 1. The normalized spacial score (nSPS) is 21.8. The standard InChI is InChI=1S/C19H28N2O3S/c1-15(19(22)23)24-18-5-3-2-4-16(18)14-20-8-10-21(11-9-20)17-6-12-25-13-7-17/h2-5,15,17H,6-14H2,1H3,(H,22,23)/t15-/m0/s1. The fourth-order valence-electron chi connectivity index (χ4n) is 3.57. The number of hydrogen-bond acceptors (Lipinski definition) is 5. The van der Waals surface area contributed by atoms with Gasteiger partial charge in [-0.15, -0.1) is 0 Å². The molecule has 2 heterocycles. The van der Waals surface area contributed by atoms with Crippen LogP contribution in [0.1, 0.15) is 25.3 Å². The number of carboxylic acid groups (broad SMARTS) is 1. The van der Waals surface area contributed by atoms with Crippen LogP contribution in [0.4, 0.5) is 0 Å². The zero-order valence-corrected chi connectivity index (χ0v) is 15.7. The van der Waals surface area contributed by atoms with E-state index >= 15 is 0 Å². The Morgan fingerprint density at radius 3 is 2.60 bits per heavy atom. The summed E-state index contributed by atoms with van der Waals surface area (Å²) in [5.41, 5.74) is 1.07. The number of rotatable bonds is 6.